The summed E-state index contributed by atoms with van der Waals surface area (Å²) in [5, 5.41) is 0.0483. The third-order valence-corrected chi connectivity index (χ3v) is 2.52. The summed E-state index contributed by atoms with van der Waals surface area (Å²) in [6.45, 7) is 3.56. The van der Waals surface area contributed by atoms with Crippen LogP contribution in [0, 0.1) is 12.7 Å². The zero-order valence-corrected chi connectivity index (χ0v) is 8.63. The molecule has 0 bridgehead atoms. The van der Waals surface area contributed by atoms with Crippen molar-refractivity contribution in [3.05, 3.63) is 45.6 Å². The number of hydrogen-bond donors (Lipinski definition) is 0. The first-order valence-electron chi connectivity index (χ1n) is 4.86. The summed E-state index contributed by atoms with van der Waals surface area (Å²) in [6, 6.07) is 4.41. The van der Waals surface area contributed by atoms with E-state index in [1.165, 1.54) is 12.1 Å². The second-order valence-corrected chi connectivity index (χ2v) is 3.45. The number of halogens is 1. The van der Waals surface area contributed by atoms with Crippen molar-refractivity contribution in [2.24, 2.45) is 0 Å². The summed E-state index contributed by atoms with van der Waals surface area (Å²) in [4.78, 5) is 11.8. The van der Waals surface area contributed by atoms with Gasteiger partial charge in [0.1, 0.15) is 22.5 Å². The van der Waals surface area contributed by atoms with Crippen molar-refractivity contribution in [1.29, 1.82) is 0 Å². The van der Waals surface area contributed by atoms with Crippen LogP contribution in [-0.2, 0) is 6.42 Å². The van der Waals surface area contributed by atoms with Gasteiger partial charge in [0.05, 0.1) is 0 Å². The van der Waals surface area contributed by atoms with Gasteiger partial charge in [0.2, 0.25) is 0 Å². The van der Waals surface area contributed by atoms with Crippen LogP contribution in [0.4, 0.5) is 4.39 Å². The second-order valence-electron chi connectivity index (χ2n) is 3.45. The number of fused-ring (bicyclic) bond motifs is 1. The first-order valence-corrected chi connectivity index (χ1v) is 4.86. The molecule has 3 heteroatoms. The van der Waals surface area contributed by atoms with Crippen molar-refractivity contribution in [3.63, 3.8) is 0 Å². The molecule has 15 heavy (non-hydrogen) atoms. The molecule has 78 valence electrons. The fourth-order valence-corrected chi connectivity index (χ4v) is 1.67. The Labute approximate surface area is 86.3 Å². The molecular formula is C12H11FO2. The fourth-order valence-electron chi connectivity index (χ4n) is 1.67. The molecule has 1 aromatic heterocycles. The molecular weight excluding hydrogens is 195 g/mol. The van der Waals surface area contributed by atoms with E-state index in [0.29, 0.717) is 23.3 Å². The lowest BCUT2D eigenvalue weighted by Crippen LogP contribution is -2.10. The highest BCUT2D eigenvalue weighted by atomic mass is 19.1. The van der Waals surface area contributed by atoms with E-state index in [2.05, 4.69) is 0 Å². The SMILES string of the molecule is CCc1oc2cccc(F)c2c(=O)c1C. The molecule has 0 unspecified atom stereocenters. The van der Waals surface area contributed by atoms with Crippen molar-refractivity contribution in [2.45, 2.75) is 20.3 Å². The third-order valence-electron chi connectivity index (χ3n) is 2.52. The van der Waals surface area contributed by atoms with Crippen molar-refractivity contribution in [1.82, 2.24) is 0 Å². The predicted octanol–water partition coefficient (Wildman–Crippen LogP) is 2.80. The van der Waals surface area contributed by atoms with Gasteiger partial charge >= 0.3 is 0 Å². The van der Waals surface area contributed by atoms with E-state index < -0.39 is 5.82 Å². The molecule has 1 aromatic carbocycles. The van der Waals surface area contributed by atoms with Crippen molar-refractivity contribution >= 4 is 11.0 Å². The monoisotopic (exact) mass is 206 g/mol. The third kappa shape index (κ3) is 1.44. The smallest absolute Gasteiger partial charge is 0.198 e. The van der Waals surface area contributed by atoms with E-state index in [9.17, 15) is 9.18 Å². The van der Waals surface area contributed by atoms with Gasteiger partial charge in [-0.2, -0.15) is 0 Å². The van der Waals surface area contributed by atoms with E-state index >= 15 is 0 Å². The van der Waals surface area contributed by atoms with E-state index in [4.69, 9.17) is 4.42 Å². The van der Waals surface area contributed by atoms with E-state index in [1.54, 1.807) is 13.0 Å². The van der Waals surface area contributed by atoms with E-state index in [-0.39, 0.29) is 10.8 Å². The Morgan fingerprint density at radius 1 is 1.40 bits per heavy atom. The van der Waals surface area contributed by atoms with Crippen molar-refractivity contribution in [3.8, 4) is 0 Å². The van der Waals surface area contributed by atoms with Crippen LogP contribution in [0.2, 0.25) is 0 Å². The second kappa shape index (κ2) is 3.50. The van der Waals surface area contributed by atoms with Crippen molar-refractivity contribution < 1.29 is 8.81 Å². The average Bonchev–Trinajstić information content (AvgIpc) is 2.23. The molecule has 0 amide bonds. The Hall–Kier alpha value is -1.64. The van der Waals surface area contributed by atoms with Gasteiger partial charge in [-0.15, -0.1) is 0 Å². The number of benzene rings is 1. The van der Waals surface area contributed by atoms with Crippen LogP contribution in [0.25, 0.3) is 11.0 Å². The summed E-state index contributed by atoms with van der Waals surface area (Å²) in [5.41, 5.74) is 0.545. The quantitative estimate of drug-likeness (QED) is 0.718. The average molecular weight is 206 g/mol. The van der Waals surface area contributed by atoms with Gasteiger partial charge in [-0.05, 0) is 19.1 Å². The molecule has 0 saturated carbocycles. The lowest BCUT2D eigenvalue weighted by atomic mass is 10.1. The van der Waals surface area contributed by atoms with Crippen LogP contribution < -0.4 is 5.43 Å². The van der Waals surface area contributed by atoms with E-state index in [0.717, 1.165) is 0 Å². The molecule has 1 heterocycles. The molecule has 0 aliphatic heterocycles. The summed E-state index contributed by atoms with van der Waals surface area (Å²) in [6.07, 6.45) is 0.632. The maximum Gasteiger partial charge on any atom is 0.198 e. The minimum Gasteiger partial charge on any atom is -0.460 e. The molecule has 0 saturated heterocycles. The Kier molecular flexibility index (Phi) is 2.31. The Balaban J connectivity index is 2.98. The van der Waals surface area contributed by atoms with Gasteiger partial charge in [-0.3, -0.25) is 4.79 Å². The van der Waals surface area contributed by atoms with Gasteiger partial charge in [-0.25, -0.2) is 4.39 Å². The van der Waals surface area contributed by atoms with Gasteiger partial charge in [0, 0.05) is 12.0 Å². The minimum atomic E-state index is -0.521. The standard InChI is InChI=1S/C12H11FO2/c1-3-9-7(2)12(14)11-8(13)5-4-6-10(11)15-9/h4-6H,3H2,1-2H3. The zero-order chi connectivity index (χ0) is 11.0. The molecule has 2 rings (SSSR count). The topological polar surface area (TPSA) is 30.2 Å². The largest absolute Gasteiger partial charge is 0.460 e. The molecule has 0 radical (unpaired) electrons. The first-order chi connectivity index (χ1) is 7.15. The van der Waals surface area contributed by atoms with Crippen LogP contribution in [0.1, 0.15) is 18.2 Å². The Bertz CT molecular complexity index is 570. The molecule has 0 fully saturated rings. The van der Waals surface area contributed by atoms with Crippen LogP contribution in [0.15, 0.2) is 27.4 Å². The van der Waals surface area contributed by atoms with Crippen LogP contribution >= 0.6 is 0 Å². The normalized spacial score (nSPS) is 10.9. The highest BCUT2D eigenvalue weighted by Gasteiger charge is 2.12. The highest BCUT2D eigenvalue weighted by molar-refractivity contribution is 5.77. The summed E-state index contributed by atoms with van der Waals surface area (Å²) < 4.78 is 18.9. The molecule has 0 N–H and O–H groups in total. The van der Waals surface area contributed by atoms with Crippen molar-refractivity contribution in [2.75, 3.05) is 0 Å². The van der Waals surface area contributed by atoms with E-state index in [1.807, 2.05) is 6.92 Å². The molecule has 2 nitrogen and oxygen atoms in total. The van der Waals surface area contributed by atoms with Gasteiger partial charge in [0.15, 0.2) is 5.43 Å². The van der Waals surface area contributed by atoms with Gasteiger partial charge in [-0.1, -0.05) is 13.0 Å². The predicted molar refractivity (Wildman–Crippen MR) is 56.6 cm³/mol. The summed E-state index contributed by atoms with van der Waals surface area (Å²) in [5.74, 6) is 0.102. The maximum absolute atomic E-state index is 13.4. The molecule has 0 atom stereocenters. The van der Waals surface area contributed by atoms with Crippen LogP contribution in [0.5, 0.6) is 0 Å². The number of hydrogen-bond acceptors (Lipinski definition) is 2. The molecule has 2 aromatic rings. The zero-order valence-electron chi connectivity index (χ0n) is 8.63. The fraction of sp³-hybridized carbons (Fsp3) is 0.250. The number of aryl methyl sites for hydroxylation is 1. The van der Waals surface area contributed by atoms with Gasteiger partial charge < -0.3 is 4.42 Å². The summed E-state index contributed by atoms with van der Waals surface area (Å²) >= 11 is 0. The Morgan fingerprint density at radius 2 is 2.13 bits per heavy atom. The lowest BCUT2D eigenvalue weighted by molar-refractivity contribution is 0.533. The highest BCUT2D eigenvalue weighted by Crippen LogP contribution is 2.17. The molecule has 0 aliphatic rings. The molecule has 0 aliphatic carbocycles. The van der Waals surface area contributed by atoms with Crippen LogP contribution in [0.3, 0.4) is 0 Å². The minimum absolute atomic E-state index is 0.0483. The summed E-state index contributed by atoms with van der Waals surface area (Å²) in [7, 11) is 0. The lowest BCUT2D eigenvalue weighted by Gasteiger charge is -2.04. The van der Waals surface area contributed by atoms with Crippen LogP contribution in [-0.4, -0.2) is 0 Å². The maximum atomic E-state index is 13.4. The van der Waals surface area contributed by atoms with Gasteiger partial charge in [0.25, 0.3) is 0 Å². The first kappa shape index (κ1) is 9.90. The molecule has 0 spiro atoms. The number of rotatable bonds is 1. The Morgan fingerprint density at radius 3 is 2.80 bits per heavy atom.